The van der Waals surface area contributed by atoms with E-state index in [4.69, 9.17) is 21.2 Å². The first-order chi connectivity index (χ1) is 14.3. The van der Waals surface area contributed by atoms with Gasteiger partial charge in [0.15, 0.2) is 5.75 Å². The molecule has 0 aromatic heterocycles. The smallest absolute Gasteiger partial charge is 0.440 e. The highest BCUT2D eigenvalue weighted by Crippen LogP contribution is 2.29. The van der Waals surface area contributed by atoms with E-state index < -0.39 is 6.09 Å². The number of rotatable bonds is 6. The van der Waals surface area contributed by atoms with Crippen molar-refractivity contribution in [1.29, 1.82) is 0 Å². The largest absolute Gasteiger partial charge is 0.463 e. The lowest BCUT2D eigenvalue weighted by molar-refractivity contribution is -0.0433. The highest BCUT2D eigenvalue weighted by atomic mass is 35.5. The SMILES string of the molecule is CC(C)CN(Oc1cc(Cl)cc(-c2ccc(C(=O)N3CCOCC3)cc2)c1)C(=O)O. The summed E-state index contributed by atoms with van der Waals surface area (Å²) in [5.74, 6) is 0.413. The summed E-state index contributed by atoms with van der Waals surface area (Å²) >= 11 is 6.23. The van der Waals surface area contributed by atoms with Crippen molar-refractivity contribution in [3.05, 3.63) is 53.1 Å². The number of carboxylic acid groups (broad SMARTS) is 1. The number of amides is 2. The Labute approximate surface area is 180 Å². The van der Waals surface area contributed by atoms with E-state index in [0.717, 1.165) is 16.2 Å². The first-order valence-electron chi connectivity index (χ1n) is 9.80. The molecular weight excluding hydrogens is 408 g/mol. The molecular formula is C22H25ClN2O5. The Morgan fingerprint density at radius 2 is 1.80 bits per heavy atom. The van der Waals surface area contributed by atoms with Crippen LogP contribution in [0.4, 0.5) is 4.79 Å². The van der Waals surface area contributed by atoms with E-state index in [2.05, 4.69) is 0 Å². The monoisotopic (exact) mass is 432 g/mol. The number of carbonyl (C=O) groups excluding carboxylic acids is 1. The molecule has 1 saturated heterocycles. The van der Waals surface area contributed by atoms with E-state index in [9.17, 15) is 14.7 Å². The van der Waals surface area contributed by atoms with Crippen LogP contribution in [0.25, 0.3) is 11.1 Å². The van der Waals surface area contributed by atoms with Gasteiger partial charge in [0.1, 0.15) is 0 Å². The van der Waals surface area contributed by atoms with Crippen LogP contribution in [-0.4, -0.2) is 59.9 Å². The summed E-state index contributed by atoms with van der Waals surface area (Å²) in [6.07, 6.45) is -1.17. The van der Waals surface area contributed by atoms with Crippen LogP contribution in [0.1, 0.15) is 24.2 Å². The van der Waals surface area contributed by atoms with Crippen molar-refractivity contribution < 1.29 is 24.3 Å². The average Bonchev–Trinajstić information content (AvgIpc) is 2.73. The Morgan fingerprint density at radius 1 is 1.13 bits per heavy atom. The number of benzene rings is 2. The molecule has 2 aromatic carbocycles. The topological polar surface area (TPSA) is 79.3 Å². The van der Waals surface area contributed by atoms with Crippen LogP contribution in [0, 0.1) is 5.92 Å². The molecule has 1 aliphatic rings. The van der Waals surface area contributed by atoms with Gasteiger partial charge in [-0.3, -0.25) is 4.79 Å². The molecule has 0 atom stereocenters. The van der Waals surface area contributed by atoms with Crippen LogP contribution in [0.5, 0.6) is 5.75 Å². The van der Waals surface area contributed by atoms with Crippen LogP contribution in [0.2, 0.25) is 5.02 Å². The Kier molecular flexibility index (Phi) is 7.18. The molecule has 0 unspecified atom stereocenters. The summed E-state index contributed by atoms with van der Waals surface area (Å²) < 4.78 is 5.29. The minimum absolute atomic E-state index is 0.0225. The maximum atomic E-state index is 12.6. The van der Waals surface area contributed by atoms with Gasteiger partial charge >= 0.3 is 6.09 Å². The van der Waals surface area contributed by atoms with Gasteiger partial charge in [-0.25, -0.2) is 4.79 Å². The maximum absolute atomic E-state index is 12.6. The Balaban J connectivity index is 1.78. The Hall–Kier alpha value is -2.77. The third-order valence-corrected chi connectivity index (χ3v) is 4.81. The van der Waals surface area contributed by atoms with Crippen molar-refractivity contribution >= 4 is 23.6 Å². The molecule has 1 aliphatic heterocycles. The zero-order chi connectivity index (χ0) is 21.7. The fourth-order valence-electron chi connectivity index (χ4n) is 3.15. The summed E-state index contributed by atoms with van der Waals surface area (Å²) in [7, 11) is 0. The molecule has 1 N–H and O–H groups in total. The second-order valence-corrected chi connectivity index (χ2v) is 7.92. The minimum atomic E-state index is -1.17. The number of hydrogen-bond donors (Lipinski definition) is 1. The predicted octanol–water partition coefficient (Wildman–Crippen LogP) is 4.41. The third kappa shape index (κ3) is 5.64. The molecule has 3 rings (SSSR count). The Morgan fingerprint density at radius 3 is 2.40 bits per heavy atom. The van der Waals surface area contributed by atoms with Gasteiger partial charge in [0.25, 0.3) is 5.91 Å². The van der Waals surface area contributed by atoms with Gasteiger partial charge in [-0.1, -0.05) is 37.6 Å². The van der Waals surface area contributed by atoms with E-state index in [1.165, 1.54) is 0 Å². The van der Waals surface area contributed by atoms with E-state index >= 15 is 0 Å². The fourth-order valence-corrected chi connectivity index (χ4v) is 3.37. The van der Waals surface area contributed by atoms with Crippen molar-refractivity contribution in [2.75, 3.05) is 32.8 Å². The van der Waals surface area contributed by atoms with Gasteiger partial charge < -0.3 is 19.6 Å². The summed E-state index contributed by atoms with van der Waals surface area (Å²) in [6.45, 7) is 6.33. The second kappa shape index (κ2) is 9.82. The van der Waals surface area contributed by atoms with Crippen LogP contribution in [-0.2, 0) is 4.74 Å². The number of morpholine rings is 1. The van der Waals surface area contributed by atoms with E-state index in [1.54, 1.807) is 35.2 Å². The predicted molar refractivity (Wildman–Crippen MR) is 114 cm³/mol. The Bertz CT molecular complexity index is 895. The molecule has 0 bridgehead atoms. The second-order valence-electron chi connectivity index (χ2n) is 7.49. The first-order valence-corrected chi connectivity index (χ1v) is 10.2. The van der Waals surface area contributed by atoms with Crippen LogP contribution < -0.4 is 4.84 Å². The molecule has 1 heterocycles. The zero-order valence-corrected chi connectivity index (χ0v) is 17.8. The number of ether oxygens (including phenoxy) is 1. The third-order valence-electron chi connectivity index (χ3n) is 4.59. The molecule has 2 aromatic rings. The van der Waals surface area contributed by atoms with Crippen LogP contribution >= 0.6 is 11.6 Å². The van der Waals surface area contributed by atoms with Crippen molar-refractivity contribution in [3.8, 4) is 16.9 Å². The zero-order valence-electron chi connectivity index (χ0n) is 17.0. The van der Waals surface area contributed by atoms with Gasteiger partial charge in [0.2, 0.25) is 0 Å². The van der Waals surface area contributed by atoms with E-state index in [-0.39, 0.29) is 18.4 Å². The summed E-state index contributed by atoms with van der Waals surface area (Å²) in [5, 5.41) is 10.7. The van der Waals surface area contributed by atoms with Crippen molar-refractivity contribution in [2.24, 2.45) is 5.92 Å². The summed E-state index contributed by atoms with van der Waals surface area (Å²) in [6, 6.07) is 12.3. The molecule has 0 spiro atoms. The highest BCUT2D eigenvalue weighted by molar-refractivity contribution is 6.31. The molecule has 1 fully saturated rings. The number of carbonyl (C=O) groups is 2. The summed E-state index contributed by atoms with van der Waals surface area (Å²) in [5.41, 5.74) is 2.21. The van der Waals surface area contributed by atoms with E-state index in [1.807, 2.05) is 26.0 Å². The van der Waals surface area contributed by atoms with Gasteiger partial charge in [0, 0.05) is 29.7 Å². The lowest BCUT2D eigenvalue weighted by Gasteiger charge is -2.26. The van der Waals surface area contributed by atoms with Crippen LogP contribution in [0.15, 0.2) is 42.5 Å². The number of hydrogen-bond acceptors (Lipinski definition) is 4. The molecule has 30 heavy (non-hydrogen) atoms. The quantitative estimate of drug-likeness (QED) is 0.684. The molecule has 8 heteroatoms. The normalized spacial score (nSPS) is 13.9. The standard InChI is InChI=1S/C22H25ClN2O5/c1-15(2)14-25(22(27)28)30-20-12-18(11-19(23)13-20)16-3-5-17(6-4-16)21(26)24-7-9-29-10-8-24/h3-6,11-13,15H,7-10,14H2,1-2H3,(H,27,28). The average molecular weight is 433 g/mol. The molecule has 7 nitrogen and oxygen atoms in total. The van der Waals surface area contributed by atoms with Crippen molar-refractivity contribution in [1.82, 2.24) is 9.96 Å². The fraction of sp³-hybridized carbons (Fsp3) is 0.364. The van der Waals surface area contributed by atoms with Gasteiger partial charge in [0.05, 0.1) is 19.8 Å². The van der Waals surface area contributed by atoms with Crippen LogP contribution in [0.3, 0.4) is 0 Å². The number of nitrogens with zero attached hydrogens (tertiary/aromatic N) is 2. The first kappa shape index (κ1) is 21.9. The minimum Gasteiger partial charge on any atom is -0.463 e. The highest BCUT2D eigenvalue weighted by Gasteiger charge is 2.19. The molecule has 0 aliphatic carbocycles. The van der Waals surface area contributed by atoms with Gasteiger partial charge in [-0.05, 0) is 41.3 Å². The van der Waals surface area contributed by atoms with Gasteiger partial charge in [-0.2, -0.15) is 0 Å². The van der Waals surface area contributed by atoms with E-state index in [0.29, 0.717) is 42.6 Å². The number of halogens is 1. The lowest BCUT2D eigenvalue weighted by Crippen LogP contribution is -2.40. The molecule has 160 valence electrons. The molecule has 0 saturated carbocycles. The summed E-state index contributed by atoms with van der Waals surface area (Å²) in [4.78, 5) is 31.4. The van der Waals surface area contributed by atoms with Crippen molar-refractivity contribution in [3.63, 3.8) is 0 Å². The number of hydroxylamine groups is 2. The van der Waals surface area contributed by atoms with Crippen molar-refractivity contribution in [2.45, 2.75) is 13.8 Å². The maximum Gasteiger partial charge on any atom is 0.440 e. The molecule has 2 amide bonds. The molecule has 0 radical (unpaired) electrons. The van der Waals surface area contributed by atoms with Gasteiger partial charge in [-0.15, -0.1) is 5.06 Å². The lowest BCUT2D eigenvalue weighted by atomic mass is 10.0.